The standard InChI is InChI=1S/C16H14Cl2O3/c17-11-7-4-8-12(18)14(11)15-13(9-19)20-16(21-15)10-5-2-1-3-6-10/h1-8,13,15-16,19H,9H2/t13-,15+,16?/m0/s1. The molecule has 2 aromatic carbocycles. The highest BCUT2D eigenvalue weighted by atomic mass is 35.5. The van der Waals surface area contributed by atoms with Gasteiger partial charge in [0.15, 0.2) is 6.29 Å². The maximum Gasteiger partial charge on any atom is 0.185 e. The van der Waals surface area contributed by atoms with Gasteiger partial charge in [0.2, 0.25) is 0 Å². The molecule has 3 atom stereocenters. The van der Waals surface area contributed by atoms with Crippen LogP contribution in [0.15, 0.2) is 48.5 Å². The maximum atomic E-state index is 9.55. The van der Waals surface area contributed by atoms with Gasteiger partial charge in [0, 0.05) is 21.2 Å². The quantitative estimate of drug-likeness (QED) is 0.922. The number of ether oxygens (including phenoxy) is 2. The maximum absolute atomic E-state index is 9.55. The highest BCUT2D eigenvalue weighted by molar-refractivity contribution is 6.36. The topological polar surface area (TPSA) is 38.7 Å². The molecule has 3 nitrogen and oxygen atoms in total. The van der Waals surface area contributed by atoms with Gasteiger partial charge >= 0.3 is 0 Å². The van der Waals surface area contributed by atoms with Crippen molar-refractivity contribution >= 4 is 23.2 Å². The zero-order valence-electron chi connectivity index (χ0n) is 11.1. The lowest BCUT2D eigenvalue weighted by Gasteiger charge is -2.17. The summed E-state index contributed by atoms with van der Waals surface area (Å²) >= 11 is 12.4. The van der Waals surface area contributed by atoms with Crippen molar-refractivity contribution in [2.24, 2.45) is 0 Å². The second kappa shape index (κ2) is 6.34. The van der Waals surface area contributed by atoms with Crippen LogP contribution in [0.3, 0.4) is 0 Å². The fraction of sp³-hybridized carbons (Fsp3) is 0.250. The van der Waals surface area contributed by atoms with E-state index in [0.29, 0.717) is 15.6 Å². The summed E-state index contributed by atoms with van der Waals surface area (Å²) in [6.45, 7) is -0.171. The largest absolute Gasteiger partial charge is 0.394 e. The second-order valence-electron chi connectivity index (χ2n) is 4.79. The lowest BCUT2D eigenvalue weighted by molar-refractivity contribution is -0.0739. The highest BCUT2D eigenvalue weighted by Crippen LogP contribution is 2.44. The molecule has 1 unspecified atom stereocenters. The second-order valence-corrected chi connectivity index (χ2v) is 5.61. The molecule has 21 heavy (non-hydrogen) atoms. The Morgan fingerprint density at radius 2 is 1.57 bits per heavy atom. The van der Waals surface area contributed by atoms with Gasteiger partial charge in [-0.2, -0.15) is 0 Å². The molecule has 1 saturated heterocycles. The Bertz CT molecular complexity index is 598. The normalized spacial score (nSPS) is 25.2. The number of rotatable bonds is 3. The molecule has 0 radical (unpaired) electrons. The number of hydrogen-bond acceptors (Lipinski definition) is 3. The van der Waals surface area contributed by atoms with Crippen LogP contribution in [0.5, 0.6) is 0 Å². The van der Waals surface area contributed by atoms with Gasteiger partial charge in [-0.15, -0.1) is 0 Å². The van der Waals surface area contributed by atoms with Crippen LogP contribution >= 0.6 is 23.2 Å². The molecule has 5 heteroatoms. The highest BCUT2D eigenvalue weighted by Gasteiger charge is 2.39. The molecule has 0 saturated carbocycles. The molecular weight excluding hydrogens is 311 g/mol. The first-order chi connectivity index (χ1) is 10.2. The molecule has 1 heterocycles. The first kappa shape index (κ1) is 14.8. The molecular formula is C16H14Cl2O3. The Labute approximate surface area is 133 Å². The summed E-state index contributed by atoms with van der Waals surface area (Å²) in [5.41, 5.74) is 1.54. The zero-order chi connectivity index (χ0) is 14.8. The molecule has 1 aliphatic rings. The Morgan fingerprint density at radius 1 is 0.905 bits per heavy atom. The van der Waals surface area contributed by atoms with E-state index >= 15 is 0 Å². The van der Waals surface area contributed by atoms with Crippen molar-refractivity contribution in [2.75, 3.05) is 6.61 Å². The average Bonchev–Trinajstić information content (AvgIpc) is 2.92. The van der Waals surface area contributed by atoms with Gasteiger partial charge in [0.25, 0.3) is 0 Å². The van der Waals surface area contributed by atoms with Crippen molar-refractivity contribution in [2.45, 2.75) is 18.5 Å². The number of halogens is 2. The van der Waals surface area contributed by atoms with Crippen LogP contribution in [0, 0.1) is 0 Å². The summed E-state index contributed by atoms with van der Waals surface area (Å²) in [6.07, 6.45) is -1.55. The van der Waals surface area contributed by atoms with Crippen molar-refractivity contribution < 1.29 is 14.6 Å². The van der Waals surface area contributed by atoms with E-state index in [4.69, 9.17) is 32.7 Å². The van der Waals surface area contributed by atoms with E-state index in [1.54, 1.807) is 18.2 Å². The van der Waals surface area contributed by atoms with Crippen molar-refractivity contribution in [1.29, 1.82) is 0 Å². The van der Waals surface area contributed by atoms with Gasteiger partial charge in [-0.25, -0.2) is 0 Å². The molecule has 0 bridgehead atoms. The third kappa shape index (κ3) is 2.93. The summed E-state index contributed by atoms with van der Waals surface area (Å²) < 4.78 is 11.7. The number of aliphatic hydroxyl groups excluding tert-OH is 1. The molecule has 0 amide bonds. The number of benzene rings is 2. The van der Waals surface area contributed by atoms with Crippen molar-refractivity contribution in [1.82, 2.24) is 0 Å². The Hall–Kier alpha value is -1.10. The van der Waals surface area contributed by atoms with Gasteiger partial charge in [-0.3, -0.25) is 0 Å². The Balaban J connectivity index is 1.92. The molecule has 0 spiro atoms. The minimum absolute atomic E-state index is 0.171. The third-order valence-corrected chi connectivity index (χ3v) is 4.10. The van der Waals surface area contributed by atoms with Gasteiger partial charge in [-0.05, 0) is 12.1 Å². The van der Waals surface area contributed by atoms with Crippen LogP contribution in [0.1, 0.15) is 23.5 Å². The Kier molecular flexibility index (Phi) is 4.48. The van der Waals surface area contributed by atoms with Crippen LogP contribution in [0.25, 0.3) is 0 Å². The summed E-state index contributed by atoms with van der Waals surface area (Å²) in [6, 6.07) is 14.8. The zero-order valence-corrected chi connectivity index (χ0v) is 12.6. The third-order valence-electron chi connectivity index (χ3n) is 3.44. The summed E-state index contributed by atoms with van der Waals surface area (Å²) in [5, 5.41) is 10.6. The average molecular weight is 325 g/mol. The van der Waals surface area contributed by atoms with E-state index in [1.807, 2.05) is 30.3 Å². The van der Waals surface area contributed by atoms with E-state index in [-0.39, 0.29) is 6.61 Å². The van der Waals surface area contributed by atoms with Gasteiger partial charge in [0.05, 0.1) is 6.61 Å². The predicted octanol–water partition coefficient (Wildman–Crippen LogP) is 4.14. The van der Waals surface area contributed by atoms with Crippen LogP contribution in [0.2, 0.25) is 10.0 Å². The van der Waals surface area contributed by atoms with E-state index < -0.39 is 18.5 Å². The van der Waals surface area contributed by atoms with Gasteiger partial charge < -0.3 is 14.6 Å². The molecule has 1 N–H and O–H groups in total. The Morgan fingerprint density at radius 3 is 2.19 bits per heavy atom. The number of aliphatic hydroxyl groups is 1. The lowest BCUT2D eigenvalue weighted by atomic mass is 10.0. The smallest absolute Gasteiger partial charge is 0.185 e. The van der Waals surface area contributed by atoms with Crippen LogP contribution in [0.4, 0.5) is 0 Å². The SMILES string of the molecule is OC[C@@H]1OC(c2ccccc2)O[C@H]1c1c(Cl)cccc1Cl. The predicted molar refractivity (Wildman–Crippen MR) is 81.4 cm³/mol. The van der Waals surface area contributed by atoms with Crippen LogP contribution in [-0.2, 0) is 9.47 Å². The van der Waals surface area contributed by atoms with Crippen molar-refractivity contribution in [3.05, 3.63) is 69.7 Å². The summed E-state index contributed by atoms with van der Waals surface area (Å²) in [7, 11) is 0. The van der Waals surface area contributed by atoms with Crippen LogP contribution in [-0.4, -0.2) is 17.8 Å². The fourth-order valence-electron chi connectivity index (χ4n) is 2.43. The first-order valence-electron chi connectivity index (χ1n) is 6.61. The number of hydrogen-bond donors (Lipinski definition) is 1. The minimum atomic E-state index is -0.541. The lowest BCUT2D eigenvalue weighted by Crippen LogP contribution is -2.20. The first-order valence-corrected chi connectivity index (χ1v) is 7.37. The molecule has 2 aromatic rings. The molecule has 1 aliphatic heterocycles. The van der Waals surface area contributed by atoms with Gasteiger partial charge in [0.1, 0.15) is 12.2 Å². The molecule has 3 rings (SSSR count). The van der Waals surface area contributed by atoms with E-state index in [0.717, 1.165) is 5.56 Å². The van der Waals surface area contributed by atoms with E-state index in [2.05, 4.69) is 0 Å². The van der Waals surface area contributed by atoms with Crippen molar-refractivity contribution in [3.8, 4) is 0 Å². The summed E-state index contributed by atoms with van der Waals surface area (Å²) in [4.78, 5) is 0. The molecule has 0 aliphatic carbocycles. The fourth-order valence-corrected chi connectivity index (χ4v) is 3.04. The van der Waals surface area contributed by atoms with Gasteiger partial charge in [-0.1, -0.05) is 59.6 Å². The molecule has 110 valence electrons. The minimum Gasteiger partial charge on any atom is -0.394 e. The summed E-state index contributed by atoms with van der Waals surface area (Å²) in [5.74, 6) is 0. The van der Waals surface area contributed by atoms with Crippen molar-refractivity contribution in [3.63, 3.8) is 0 Å². The van der Waals surface area contributed by atoms with E-state index in [9.17, 15) is 5.11 Å². The van der Waals surface area contributed by atoms with Crippen LogP contribution < -0.4 is 0 Å². The monoisotopic (exact) mass is 324 g/mol. The molecule has 0 aromatic heterocycles. The van der Waals surface area contributed by atoms with E-state index in [1.165, 1.54) is 0 Å². The molecule has 1 fully saturated rings.